The molecule has 0 unspecified atom stereocenters. The van der Waals surface area contributed by atoms with Gasteiger partial charge in [0, 0.05) is 6.42 Å². The molecule has 6 nitrogen and oxygen atoms in total. The summed E-state index contributed by atoms with van der Waals surface area (Å²) >= 11 is 0. The molecule has 2 amide bonds. The molecule has 0 radical (unpaired) electrons. The molecule has 1 atom stereocenters. The van der Waals surface area contributed by atoms with Gasteiger partial charge in [0.2, 0.25) is 11.8 Å². The van der Waals surface area contributed by atoms with Gasteiger partial charge in [0.25, 0.3) is 0 Å². The molecular weight excluding hydrogens is 262 g/mol. The largest absolute Gasteiger partial charge is 0.492 e. The first-order valence-corrected chi connectivity index (χ1v) is 6.32. The summed E-state index contributed by atoms with van der Waals surface area (Å²) in [6.07, 6.45) is -0.336. The monoisotopic (exact) mass is 277 g/mol. The maximum absolute atomic E-state index is 11.9. The van der Waals surface area contributed by atoms with E-state index in [-0.39, 0.29) is 31.9 Å². The number of hydrogen-bond acceptors (Lipinski definition) is 4. The Hall–Kier alpha value is -2.37. The Morgan fingerprint density at radius 3 is 2.65 bits per heavy atom. The molecule has 106 valence electrons. The molecule has 0 aliphatic carbocycles. The van der Waals surface area contributed by atoms with Crippen LogP contribution in [0.1, 0.15) is 12.8 Å². The van der Waals surface area contributed by atoms with Crippen molar-refractivity contribution in [2.75, 3.05) is 13.2 Å². The van der Waals surface area contributed by atoms with Gasteiger partial charge in [-0.2, -0.15) is 0 Å². The molecule has 1 N–H and O–H groups in total. The third-order valence-electron chi connectivity index (χ3n) is 3.09. The lowest BCUT2D eigenvalue weighted by Crippen LogP contribution is -2.34. The molecule has 1 aliphatic heterocycles. The highest BCUT2D eigenvalue weighted by Gasteiger charge is 2.39. The van der Waals surface area contributed by atoms with Gasteiger partial charge < -0.3 is 9.84 Å². The van der Waals surface area contributed by atoms with E-state index >= 15 is 0 Å². The first-order valence-electron chi connectivity index (χ1n) is 6.32. The van der Waals surface area contributed by atoms with Crippen molar-refractivity contribution in [3.63, 3.8) is 0 Å². The normalized spacial score (nSPS) is 18.4. The second-order valence-corrected chi connectivity index (χ2v) is 4.54. The molecule has 0 saturated carbocycles. The summed E-state index contributed by atoms with van der Waals surface area (Å²) in [5.74, 6) is -1.91. The molecule has 1 aromatic rings. The molecule has 1 aliphatic rings. The number of imide groups is 1. The molecule has 1 heterocycles. The number of para-hydroxylation sites is 1. The van der Waals surface area contributed by atoms with Crippen LogP contribution in [0, 0.1) is 5.92 Å². The summed E-state index contributed by atoms with van der Waals surface area (Å²) < 4.78 is 5.42. The smallest absolute Gasteiger partial charge is 0.304 e. The Morgan fingerprint density at radius 2 is 2.00 bits per heavy atom. The number of rotatable bonds is 6. The highest BCUT2D eigenvalue weighted by molar-refractivity contribution is 6.04. The predicted octanol–water partition coefficient (Wildman–Crippen LogP) is 0.915. The van der Waals surface area contributed by atoms with Gasteiger partial charge in [-0.3, -0.25) is 19.3 Å². The van der Waals surface area contributed by atoms with E-state index in [9.17, 15) is 14.4 Å². The maximum atomic E-state index is 11.9. The summed E-state index contributed by atoms with van der Waals surface area (Å²) in [5, 5.41) is 8.68. The van der Waals surface area contributed by atoms with Crippen LogP contribution < -0.4 is 4.74 Å². The molecular formula is C14H15NO5. The minimum Gasteiger partial charge on any atom is -0.492 e. The zero-order valence-electron chi connectivity index (χ0n) is 10.8. The Morgan fingerprint density at radius 1 is 1.30 bits per heavy atom. The maximum Gasteiger partial charge on any atom is 0.304 e. The second kappa shape index (κ2) is 6.18. The first kappa shape index (κ1) is 14.0. The summed E-state index contributed by atoms with van der Waals surface area (Å²) in [6.45, 7) is 0.337. The number of ether oxygens (including phenoxy) is 1. The predicted molar refractivity (Wildman–Crippen MR) is 69.0 cm³/mol. The van der Waals surface area contributed by atoms with Crippen molar-refractivity contribution in [1.29, 1.82) is 0 Å². The standard InChI is InChI=1S/C14H15NO5/c16-12-8-10(9-13(17)18)14(19)15(12)6-7-20-11-4-2-1-3-5-11/h1-5,10H,6-9H2,(H,17,18)/t10-/m0/s1. The van der Waals surface area contributed by atoms with Crippen molar-refractivity contribution < 1.29 is 24.2 Å². The first-order chi connectivity index (χ1) is 9.58. The van der Waals surface area contributed by atoms with Crippen molar-refractivity contribution in [1.82, 2.24) is 4.90 Å². The number of nitrogens with zero attached hydrogens (tertiary/aromatic N) is 1. The molecule has 20 heavy (non-hydrogen) atoms. The number of carbonyl (C=O) groups is 3. The van der Waals surface area contributed by atoms with Crippen molar-refractivity contribution in [3.8, 4) is 5.75 Å². The van der Waals surface area contributed by atoms with Crippen molar-refractivity contribution in [2.24, 2.45) is 5.92 Å². The molecule has 1 saturated heterocycles. The molecule has 0 aromatic heterocycles. The number of hydrogen-bond donors (Lipinski definition) is 1. The van der Waals surface area contributed by atoms with Crippen molar-refractivity contribution in [3.05, 3.63) is 30.3 Å². The Labute approximate surface area is 115 Å². The lowest BCUT2D eigenvalue weighted by Gasteiger charge is -2.15. The fourth-order valence-corrected chi connectivity index (χ4v) is 2.13. The van der Waals surface area contributed by atoms with E-state index in [1.165, 1.54) is 0 Å². The Balaban J connectivity index is 1.85. The second-order valence-electron chi connectivity index (χ2n) is 4.54. The van der Waals surface area contributed by atoms with E-state index in [1.54, 1.807) is 12.1 Å². The van der Waals surface area contributed by atoms with Crippen molar-refractivity contribution >= 4 is 17.8 Å². The zero-order chi connectivity index (χ0) is 14.5. The molecule has 2 rings (SSSR count). The van der Waals surface area contributed by atoms with E-state index in [4.69, 9.17) is 9.84 Å². The molecule has 0 spiro atoms. The molecule has 6 heteroatoms. The fourth-order valence-electron chi connectivity index (χ4n) is 2.13. The minimum absolute atomic E-state index is 0.0313. The van der Waals surface area contributed by atoms with E-state index in [0.717, 1.165) is 4.90 Å². The van der Waals surface area contributed by atoms with Crippen LogP contribution in [0.25, 0.3) is 0 Å². The topological polar surface area (TPSA) is 83.9 Å². The van der Waals surface area contributed by atoms with Crippen LogP contribution >= 0.6 is 0 Å². The van der Waals surface area contributed by atoms with Crippen molar-refractivity contribution in [2.45, 2.75) is 12.8 Å². The third-order valence-corrected chi connectivity index (χ3v) is 3.09. The van der Waals surface area contributed by atoms with Crippen LogP contribution in [0.5, 0.6) is 5.75 Å². The van der Waals surface area contributed by atoms with Gasteiger partial charge >= 0.3 is 5.97 Å². The van der Waals surface area contributed by atoms with E-state index in [0.29, 0.717) is 5.75 Å². The van der Waals surface area contributed by atoms with Crippen LogP contribution in [0.3, 0.4) is 0 Å². The van der Waals surface area contributed by atoms with Gasteiger partial charge in [-0.25, -0.2) is 0 Å². The van der Waals surface area contributed by atoms with Gasteiger partial charge in [-0.15, -0.1) is 0 Å². The highest BCUT2D eigenvalue weighted by Crippen LogP contribution is 2.22. The number of benzene rings is 1. The van der Waals surface area contributed by atoms with Gasteiger partial charge in [0.05, 0.1) is 18.9 Å². The van der Waals surface area contributed by atoms with Gasteiger partial charge in [-0.05, 0) is 12.1 Å². The van der Waals surface area contributed by atoms with E-state index < -0.39 is 17.8 Å². The SMILES string of the molecule is O=C(O)C[C@@H]1CC(=O)N(CCOc2ccccc2)C1=O. The number of carboxylic acid groups (broad SMARTS) is 1. The zero-order valence-corrected chi connectivity index (χ0v) is 10.8. The van der Waals surface area contributed by atoms with E-state index in [2.05, 4.69) is 0 Å². The van der Waals surface area contributed by atoms with Gasteiger partial charge in [-0.1, -0.05) is 18.2 Å². The summed E-state index contributed by atoms with van der Waals surface area (Å²) in [6, 6.07) is 9.06. The number of carboxylic acids is 1. The molecule has 1 aromatic carbocycles. The molecule has 1 fully saturated rings. The lowest BCUT2D eigenvalue weighted by molar-refractivity contribution is -0.144. The Kier molecular flexibility index (Phi) is 4.34. The highest BCUT2D eigenvalue weighted by atomic mass is 16.5. The van der Waals surface area contributed by atoms with Gasteiger partial charge in [0.15, 0.2) is 0 Å². The Bertz CT molecular complexity index is 514. The summed E-state index contributed by atoms with van der Waals surface area (Å²) in [7, 11) is 0. The van der Waals surface area contributed by atoms with Crippen LogP contribution in [-0.4, -0.2) is 40.9 Å². The van der Waals surface area contributed by atoms with Crippen LogP contribution in [0.4, 0.5) is 0 Å². The number of amides is 2. The number of likely N-dealkylation sites (tertiary alicyclic amines) is 1. The summed E-state index contributed by atoms with van der Waals surface area (Å²) in [5.41, 5.74) is 0. The van der Waals surface area contributed by atoms with Crippen LogP contribution in [-0.2, 0) is 14.4 Å². The fraction of sp³-hybridized carbons (Fsp3) is 0.357. The quantitative estimate of drug-likeness (QED) is 0.781. The number of carbonyl (C=O) groups excluding carboxylic acids is 2. The van der Waals surface area contributed by atoms with Gasteiger partial charge in [0.1, 0.15) is 12.4 Å². The number of aliphatic carboxylic acids is 1. The average molecular weight is 277 g/mol. The van der Waals surface area contributed by atoms with E-state index in [1.807, 2.05) is 18.2 Å². The molecule has 0 bridgehead atoms. The van der Waals surface area contributed by atoms with Crippen LogP contribution in [0.15, 0.2) is 30.3 Å². The lowest BCUT2D eigenvalue weighted by atomic mass is 10.0. The average Bonchev–Trinajstić information content (AvgIpc) is 2.67. The summed E-state index contributed by atoms with van der Waals surface area (Å²) in [4.78, 5) is 35.2. The third kappa shape index (κ3) is 3.34. The minimum atomic E-state index is -1.07. The van der Waals surface area contributed by atoms with Crippen LogP contribution in [0.2, 0.25) is 0 Å².